The zero-order valence-corrected chi connectivity index (χ0v) is 31.6. The molecule has 12 nitrogen and oxygen atoms in total. The van der Waals surface area contributed by atoms with Crippen molar-refractivity contribution in [2.75, 3.05) is 16.3 Å². The number of pyridine rings is 1. The zero-order chi connectivity index (χ0) is 40.6. The van der Waals surface area contributed by atoms with Gasteiger partial charge in [0.05, 0.1) is 45.3 Å². The van der Waals surface area contributed by atoms with Gasteiger partial charge in [0.15, 0.2) is 5.82 Å². The first-order valence-corrected chi connectivity index (χ1v) is 19.4. The maximum Gasteiger partial charge on any atom is 0.293 e. The number of aryl methyl sites for hydroxylation is 2. The van der Waals surface area contributed by atoms with Gasteiger partial charge in [-0.1, -0.05) is 17.7 Å². The summed E-state index contributed by atoms with van der Waals surface area (Å²) >= 11 is 6.58. The number of amides is 2. The van der Waals surface area contributed by atoms with Gasteiger partial charge in [0.1, 0.15) is 29.6 Å². The Labute approximate surface area is 320 Å². The molecule has 0 aliphatic heterocycles. The molecule has 3 heterocycles. The number of halogens is 7. The summed E-state index contributed by atoms with van der Waals surface area (Å²) in [6, 6.07) is 5.93. The van der Waals surface area contributed by atoms with Gasteiger partial charge >= 0.3 is 0 Å². The molecule has 7 rings (SSSR count). The maximum absolute atomic E-state index is 15.6. The van der Waals surface area contributed by atoms with Gasteiger partial charge < -0.3 is 10.6 Å². The molecule has 0 bridgehead atoms. The molecule has 3 N–H and O–H groups in total. The molecule has 5 aromatic rings. The number of aromatic nitrogens is 5. The average molecular weight is 823 g/mol. The molecule has 1 saturated carbocycles. The van der Waals surface area contributed by atoms with E-state index in [2.05, 4.69) is 25.6 Å². The van der Waals surface area contributed by atoms with Crippen LogP contribution in [0.3, 0.4) is 0 Å². The lowest BCUT2D eigenvalue weighted by atomic mass is 9.73. The molecule has 0 saturated heterocycles. The minimum atomic E-state index is -3.84. The third-order valence-corrected chi connectivity index (χ3v) is 10.9. The van der Waals surface area contributed by atoms with Crippen LogP contribution in [0.4, 0.5) is 37.8 Å². The highest BCUT2D eigenvalue weighted by molar-refractivity contribution is 7.92. The van der Waals surface area contributed by atoms with E-state index in [9.17, 15) is 35.6 Å². The lowest BCUT2D eigenvalue weighted by Crippen LogP contribution is -2.36. The number of nitrogens with zero attached hydrogens (tertiary/aromatic N) is 5. The van der Waals surface area contributed by atoms with E-state index in [4.69, 9.17) is 16.6 Å². The van der Waals surface area contributed by atoms with Gasteiger partial charge in [0, 0.05) is 42.6 Å². The van der Waals surface area contributed by atoms with Crippen molar-refractivity contribution >= 4 is 55.8 Å². The molecule has 3 aromatic heterocycles. The summed E-state index contributed by atoms with van der Waals surface area (Å²) in [6.45, 7) is 1.90. The van der Waals surface area contributed by atoms with E-state index in [-0.39, 0.29) is 74.8 Å². The number of rotatable bonds is 11. The first-order chi connectivity index (χ1) is 26.2. The number of carbonyl (C=O) groups excluding carboxylic acids is 2. The van der Waals surface area contributed by atoms with Gasteiger partial charge in [0.25, 0.3) is 12.3 Å². The van der Waals surface area contributed by atoms with Crippen LogP contribution in [0.2, 0.25) is 5.02 Å². The first-order valence-electron chi connectivity index (χ1n) is 17.2. The molecule has 1 fully saturated rings. The van der Waals surface area contributed by atoms with Crippen LogP contribution >= 0.6 is 11.6 Å². The molecule has 20 heteroatoms. The van der Waals surface area contributed by atoms with Gasteiger partial charge in [0.2, 0.25) is 21.8 Å². The van der Waals surface area contributed by atoms with Gasteiger partial charge in [-0.05, 0) is 61.9 Å². The van der Waals surface area contributed by atoms with E-state index in [1.807, 2.05) is 0 Å². The Kier molecular flexibility index (Phi) is 9.83. The Morgan fingerprint density at radius 3 is 2.34 bits per heavy atom. The van der Waals surface area contributed by atoms with Crippen molar-refractivity contribution in [1.29, 1.82) is 0 Å². The van der Waals surface area contributed by atoms with Gasteiger partial charge in [-0.2, -0.15) is 19.0 Å². The SMILES string of the molecule is CC(=O)Nc1cc(-c2ccc(Cl)c3c(NS(C)(=O)=O)nn(C)c23)c([C@H](Cc2cc(F)cc(F)c2)NC(=O)Cn2nc(C(F)F)c3c2C(F)(F)[C@@H]2CC[C@H]32)nc1C. The molecule has 2 aliphatic carbocycles. The Bertz CT molecular complexity index is 2540. The smallest absolute Gasteiger partial charge is 0.293 e. The molecule has 0 radical (unpaired) electrons. The minimum absolute atomic E-state index is 0.0497. The van der Waals surface area contributed by atoms with Gasteiger partial charge in [-0.3, -0.25) is 28.7 Å². The molecule has 2 amide bonds. The summed E-state index contributed by atoms with van der Waals surface area (Å²) in [5.74, 6) is -8.92. The second kappa shape index (κ2) is 14.1. The van der Waals surface area contributed by atoms with Crippen molar-refractivity contribution in [2.24, 2.45) is 13.0 Å². The van der Waals surface area contributed by atoms with Crippen molar-refractivity contribution in [3.63, 3.8) is 0 Å². The highest BCUT2D eigenvalue weighted by Gasteiger charge is 2.62. The Hall–Kier alpha value is -5.17. The van der Waals surface area contributed by atoms with Crippen LogP contribution in [0.15, 0.2) is 36.4 Å². The lowest BCUT2D eigenvalue weighted by Gasteiger charge is -2.34. The number of hydrogen-bond acceptors (Lipinski definition) is 7. The molecule has 2 aromatic carbocycles. The van der Waals surface area contributed by atoms with Crippen molar-refractivity contribution in [1.82, 2.24) is 29.9 Å². The summed E-state index contributed by atoms with van der Waals surface area (Å²) in [7, 11) is -2.33. The van der Waals surface area contributed by atoms with Gasteiger partial charge in [-0.25, -0.2) is 26.0 Å². The Balaban J connectivity index is 1.39. The van der Waals surface area contributed by atoms with Gasteiger partial charge in [-0.15, -0.1) is 0 Å². The number of alkyl halides is 4. The Morgan fingerprint density at radius 1 is 1.04 bits per heavy atom. The molecule has 296 valence electrons. The Morgan fingerprint density at radius 2 is 1.73 bits per heavy atom. The fraction of sp³-hybridized carbons (Fsp3) is 0.361. The van der Waals surface area contributed by atoms with Crippen LogP contribution in [-0.4, -0.2) is 51.0 Å². The number of carbonyl (C=O) groups is 2. The molecular formula is C36H33ClF6N8O4S. The number of sulfonamides is 1. The topological polar surface area (TPSA) is 153 Å². The molecular weight excluding hydrogens is 790 g/mol. The van der Waals surface area contributed by atoms with Crippen LogP contribution in [0, 0.1) is 24.5 Å². The summed E-state index contributed by atoms with van der Waals surface area (Å²) in [5, 5.41) is 13.7. The van der Waals surface area contributed by atoms with E-state index >= 15 is 8.78 Å². The van der Waals surface area contributed by atoms with Crippen molar-refractivity contribution in [2.45, 2.75) is 64.0 Å². The quantitative estimate of drug-likeness (QED) is 0.121. The van der Waals surface area contributed by atoms with E-state index in [1.54, 1.807) is 13.0 Å². The van der Waals surface area contributed by atoms with Crippen molar-refractivity contribution < 1.29 is 44.3 Å². The van der Waals surface area contributed by atoms with Crippen LogP contribution < -0.4 is 15.4 Å². The monoisotopic (exact) mass is 822 g/mol. The second-order valence-corrected chi connectivity index (χ2v) is 16.2. The zero-order valence-electron chi connectivity index (χ0n) is 30.0. The fourth-order valence-corrected chi connectivity index (χ4v) is 8.50. The van der Waals surface area contributed by atoms with Crippen LogP contribution in [0.1, 0.15) is 72.1 Å². The minimum Gasteiger partial charge on any atom is -0.346 e. The number of fused-ring (bicyclic) bond motifs is 4. The number of hydrogen-bond donors (Lipinski definition) is 3. The third kappa shape index (κ3) is 7.06. The first kappa shape index (κ1) is 39.1. The molecule has 0 unspecified atom stereocenters. The number of benzene rings is 2. The summed E-state index contributed by atoms with van der Waals surface area (Å²) < 4.78 is 117. The highest BCUT2D eigenvalue weighted by Crippen LogP contribution is 2.63. The predicted molar refractivity (Wildman–Crippen MR) is 194 cm³/mol. The summed E-state index contributed by atoms with van der Waals surface area (Å²) in [4.78, 5) is 30.9. The lowest BCUT2D eigenvalue weighted by molar-refractivity contribution is -0.123. The van der Waals surface area contributed by atoms with E-state index in [0.29, 0.717) is 16.3 Å². The summed E-state index contributed by atoms with van der Waals surface area (Å²) in [5.41, 5.74) is -0.453. The fourth-order valence-electron chi connectivity index (χ4n) is 7.76. The van der Waals surface area contributed by atoms with Crippen LogP contribution in [0.25, 0.3) is 22.0 Å². The average Bonchev–Trinajstić information content (AvgIpc) is 3.62. The summed E-state index contributed by atoms with van der Waals surface area (Å²) in [6.07, 6.45) is -2.18. The van der Waals surface area contributed by atoms with E-state index < -0.39 is 81.6 Å². The van der Waals surface area contributed by atoms with Crippen molar-refractivity contribution in [3.8, 4) is 11.1 Å². The van der Waals surface area contributed by atoms with E-state index in [0.717, 1.165) is 18.4 Å². The standard InChI is InChI=1S/C36H33ClF6N8O4S/c1-15-25(45-16(2)52)13-22(20-6-8-24(37)29-32(20)50(3)48-35(29)49-56(4,54)55)30(44-15)26(11-17-9-18(38)12-19(39)10-17)46-27(53)14-51-33-28(31(47-51)34(40)41)21-5-7-23(21)36(33,42)43/h6,8-10,12-13,21,23,26,34H,5,7,11,14H2,1-4H3,(H,45,52)(H,46,53)(H,48,49)/t21-,23+,26-/m0/s1. The highest BCUT2D eigenvalue weighted by atomic mass is 35.5. The maximum atomic E-state index is 15.6. The second-order valence-electron chi connectivity index (χ2n) is 14.0. The van der Waals surface area contributed by atoms with E-state index in [1.165, 1.54) is 30.8 Å². The number of nitrogens with one attached hydrogen (secondary N) is 3. The molecule has 3 atom stereocenters. The molecule has 2 aliphatic rings. The van der Waals surface area contributed by atoms with Crippen LogP contribution in [0.5, 0.6) is 0 Å². The largest absolute Gasteiger partial charge is 0.346 e. The third-order valence-electron chi connectivity index (χ3n) is 10.0. The number of anilines is 2. The molecule has 0 spiro atoms. The van der Waals surface area contributed by atoms with Crippen LogP contribution in [-0.2, 0) is 45.5 Å². The predicted octanol–water partition coefficient (Wildman–Crippen LogP) is 7.04. The normalized spacial score (nSPS) is 17.7. The molecule has 56 heavy (non-hydrogen) atoms. The van der Waals surface area contributed by atoms with Crippen molar-refractivity contribution in [3.05, 3.63) is 87.0 Å².